The predicted molar refractivity (Wildman–Crippen MR) is 91.7 cm³/mol. The van der Waals surface area contributed by atoms with Gasteiger partial charge in [-0.2, -0.15) is 26.3 Å². The van der Waals surface area contributed by atoms with Crippen molar-refractivity contribution in [3.05, 3.63) is 65.4 Å². The Hall–Kier alpha value is -2.81. The van der Waals surface area contributed by atoms with Crippen molar-refractivity contribution in [1.82, 2.24) is 4.98 Å². The molecule has 0 fully saturated rings. The molecule has 3 rings (SSSR count). The Morgan fingerprint density at radius 2 is 1.64 bits per heavy atom. The minimum absolute atomic E-state index is 0.0164. The van der Waals surface area contributed by atoms with Crippen LogP contribution in [0, 0.1) is 0 Å². The second kappa shape index (κ2) is 6.97. The van der Waals surface area contributed by atoms with Gasteiger partial charge in [-0.3, -0.25) is 9.78 Å². The smallest absolute Gasteiger partial charge is 0.354 e. The highest BCUT2D eigenvalue weighted by atomic mass is 35.5. The number of anilines is 2. The first-order valence-electron chi connectivity index (χ1n) is 7.61. The van der Waals surface area contributed by atoms with Gasteiger partial charge in [-0.25, -0.2) is 0 Å². The first-order chi connectivity index (χ1) is 13.0. The molecule has 0 saturated heterocycles. The molecule has 0 atom stereocenters. The van der Waals surface area contributed by atoms with Gasteiger partial charge >= 0.3 is 12.4 Å². The molecule has 0 bridgehead atoms. The van der Waals surface area contributed by atoms with Gasteiger partial charge in [0.25, 0.3) is 5.24 Å². The van der Waals surface area contributed by atoms with Crippen LogP contribution in [0.25, 0.3) is 10.9 Å². The molecule has 3 nitrogen and oxygen atoms in total. The maximum Gasteiger partial charge on any atom is 0.418 e. The molecule has 0 aliphatic heterocycles. The van der Waals surface area contributed by atoms with Crippen molar-refractivity contribution < 1.29 is 31.1 Å². The van der Waals surface area contributed by atoms with Crippen LogP contribution in [0.4, 0.5) is 37.7 Å². The minimum Gasteiger partial charge on any atom is -0.354 e. The summed E-state index contributed by atoms with van der Waals surface area (Å²) in [5.74, 6) is 0. The van der Waals surface area contributed by atoms with Gasteiger partial charge in [0.05, 0.1) is 27.9 Å². The second-order valence-electron chi connectivity index (χ2n) is 5.71. The number of carbonyl (C=O) groups is 1. The van der Waals surface area contributed by atoms with Gasteiger partial charge in [-0.15, -0.1) is 0 Å². The molecule has 0 aliphatic carbocycles. The molecule has 1 aromatic heterocycles. The van der Waals surface area contributed by atoms with Crippen molar-refractivity contribution in [2.75, 3.05) is 5.32 Å². The van der Waals surface area contributed by atoms with E-state index in [0.29, 0.717) is 12.1 Å². The number of carbonyl (C=O) groups excluding carboxylic acids is 1. The standard InChI is InChI=1S/C18H9ClF6N2O/c19-16(28)11-5-4-9(17(20,21)22)8-14(11)27-13-6-7-26-15-10(13)2-1-3-12(15)18(23,24)25/h1-8H,(H,26,27). The van der Waals surface area contributed by atoms with E-state index in [-0.39, 0.29) is 27.8 Å². The number of halogens is 7. The number of nitrogens with zero attached hydrogens (tertiary/aromatic N) is 1. The van der Waals surface area contributed by atoms with Crippen molar-refractivity contribution in [2.45, 2.75) is 12.4 Å². The molecule has 0 amide bonds. The number of nitrogens with one attached hydrogen (secondary N) is 1. The van der Waals surface area contributed by atoms with E-state index >= 15 is 0 Å². The molecular weight excluding hydrogens is 410 g/mol. The van der Waals surface area contributed by atoms with Crippen LogP contribution in [0.5, 0.6) is 0 Å². The highest BCUT2D eigenvalue weighted by Crippen LogP contribution is 2.38. The SMILES string of the molecule is O=C(Cl)c1ccc(C(F)(F)F)cc1Nc1ccnc2c(C(F)(F)F)cccc12. The lowest BCUT2D eigenvalue weighted by Gasteiger charge is -2.16. The zero-order chi connectivity index (χ0) is 20.7. The first kappa shape index (κ1) is 19.9. The van der Waals surface area contributed by atoms with Gasteiger partial charge in [0.15, 0.2) is 0 Å². The molecule has 10 heteroatoms. The van der Waals surface area contributed by atoms with Crippen LogP contribution < -0.4 is 5.32 Å². The van der Waals surface area contributed by atoms with Crippen LogP contribution in [0.15, 0.2) is 48.7 Å². The van der Waals surface area contributed by atoms with Crippen LogP contribution in [-0.2, 0) is 12.4 Å². The molecule has 0 aliphatic rings. The largest absolute Gasteiger partial charge is 0.418 e. The number of hydrogen-bond donors (Lipinski definition) is 1. The maximum atomic E-state index is 13.2. The average molecular weight is 419 g/mol. The van der Waals surface area contributed by atoms with Crippen LogP contribution in [0.3, 0.4) is 0 Å². The number of benzene rings is 2. The van der Waals surface area contributed by atoms with Gasteiger partial charge in [-0.1, -0.05) is 12.1 Å². The van der Waals surface area contributed by atoms with Crippen molar-refractivity contribution in [3.63, 3.8) is 0 Å². The molecule has 146 valence electrons. The summed E-state index contributed by atoms with van der Waals surface area (Å²) in [5, 5.41) is 1.57. The lowest BCUT2D eigenvalue weighted by molar-refractivity contribution is -0.138. The molecule has 1 heterocycles. The fourth-order valence-corrected chi connectivity index (χ4v) is 2.82. The van der Waals surface area contributed by atoms with E-state index in [2.05, 4.69) is 10.3 Å². The molecule has 0 unspecified atom stereocenters. The number of fused-ring (bicyclic) bond motifs is 1. The Kier molecular flexibility index (Phi) is 4.97. The second-order valence-corrected chi connectivity index (χ2v) is 6.06. The number of alkyl halides is 6. The van der Waals surface area contributed by atoms with Crippen molar-refractivity contribution >= 4 is 39.1 Å². The van der Waals surface area contributed by atoms with E-state index in [4.69, 9.17) is 11.6 Å². The third kappa shape index (κ3) is 3.89. The van der Waals surface area contributed by atoms with Crippen LogP contribution in [-0.4, -0.2) is 10.2 Å². The Labute approximate surface area is 158 Å². The van der Waals surface area contributed by atoms with Crippen molar-refractivity contribution in [2.24, 2.45) is 0 Å². The van der Waals surface area contributed by atoms with Gasteiger partial charge in [0.1, 0.15) is 0 Å². The molecule has 0 saturated carbocycles. The van der Waals surface area contributed by atoms with E-state index in [1.807, 2.05) is 0 Å². The maximum absolute atomic E-state index is 13.2. The van der Waals surface area contributed by atoms with Crippen molar-refractivity contribution in [3.8, 4) is 0 Å². The Balaban J connectivity index is 2.17. The van der Waals surface area contributed by atoms with E-state index < -0.39 is 28.7 Å². The zero-order valence-electron chi connectivity index (χ0n) is 13.6. The average Bonchev–Trinajstić information content (AvgIpc) is 2.59. The Bertz CT molecular complexity index is 1060. The van der Waals surface area contributed by atoms with Crippen LogP contribution in [0.1, 0.15) is 21.5 Å². The lowest BCUT2D eigenvalue weighted by atomic mass is 10.1. The number of aromatic nitrogens is 1. The van der Waals surface area contributed by atoms with Gasteiger partial charge in [0, 0.05) is 17.3 Å². The highest BCUT2D eigenvalue weighted by Gasteiger charge is 2.34. The summed E-state index contributed by atoms with van der Waals surface area (Å²) in [6.45, 7) is 0. The third-order valence-corrected chi connectivity index (χ3v) is 4.11. The summed E-state index contributed by atoms with van der Waals surface area (Å²) >= 11 is 5.42. The van der Waals surface area contributed by atoms with E-state index in [1.54, 1.807) is 0 Å². The molecule has 2 aromatic carbocycles. The van der Waals surface area contributed by atoms with Gasteiger partial charge < -0.3 is 5.32 Å². The molecule has 28 heavy (non-hydrogen) atoms. The Morgan fingerprint density at radius 3 is 2.25 bits per heavy atom. The van der Waals surface area contributed by atoms with E-state index in [9.17, 15) is 31.1 Å². The highest BCUT2D eigenvalue weighted by molar-refractivity contribution is 6.68. The fraction of sp³-hybridized carbons (Fsp3) is 0.111. The quantitative estimate of drug-likeness (QED) is 0.395. The van der Waals surface area contributed by atoms with E-state index in [1.165, 1.54) is 12.1 Å². The Morgan fingerprint density at radius 1 is 0.929 bits per heavy atom. The summed E-state index contributed by atoms with van der Waals surface area (Å²) in [7, 11) is 0. The summed E-state index contributed by atoms with van der Waals surface area (Å²) in [6, 6.07) is 6.85. The normalized spacial score (nSPS) is 12.2. The molecular formula is C18H9ClF6N2O. The summed E-state index contributed by atoms with van der Waals surface area (Å²) in [5.41, 5.74) is -2.94. The summed E-state index contributed by atoms with van der Waals surface area (Å²) < 4.78 is 78.5. The fourth-order valence-electron chi connectivity index (χ4n) is 2.65. The molecule has 1 N–H and O–H groups in total. The lowest BCUT2D eigenvalue weighted by Crippen LogP contribution is -2.09. The summed E-state index contributed by atoms with van der Waals surface area (Å²) in [6.07, 6.45) is -8.28. The zero-order valence-corrected chi connectivity index (χ0v) is 14.4. The number of para-hydroxylation sites is 1. The summed E-state index contributed by atoms with van der Waals surface area (Å²) in [4.78, 5) is 15.3. The van der Waals surface area contributed by atoms with Gasteiger partial charge in [-0.05, 0) is 41.9 Å². The minimum atomic E-state index is -4.69. The predicted octanol–water partition coefficient (Wildman–Crippen LogP) is 6.40. The first-order valence-corrected chi connectivity index (χ1v) is 7.99. The number of rotatable bonds is 3. The molecule has 0 radical (unpaired) electrons. The van der Waals surface area contributed by atoms with Crippen LogP contribution in [0.2, 0.25) is 0 Å². The van der Waals surface area contributed by atoms with E-state index in [0.717, 1.165) is 24.4 Å². The van der Waals surface area contributed by atoms with Crippen LogP contribution >= 0.6 is 11.6 Å². The van der Waals surface area contributed by atoms with Gasteiger partial charge in [0.2, 0.25) is 0 Å². The molecule has 3 aromatic rings. The number of hydrogen-bond acceptors (Lipinski definition) is 3. The number of pyridine rings is 1. The monoisotopic (exact) mass is 418 g/mol. The molecule has 0 spiro atoms. The topological polar surface area (TPSA) is 42.0 Å². The van der Waals surface area contributed by atoms with Crippen molar-refractivity contribution in [1.29, 1.82) is 0 Å². The third-order valence-electron chi connectivity index (χ3n) is 3.90.